The van der Waals surface area contributed by atoms with Gasteiger partial charge < -0.3 is 15.5 Å². The first-order valence-corrected chi connectivity index (χ1v) is 11.4. The first kappa shape index (κ1) is 22.6. The standard InChI is InChI=1S/C20H34N4O3S/c1-16-7-9-18(10-8-16)28(26,27)23-13-12-21-19(25)22-15-20(24(3)4)11-5-6-17(2)14-20/h7-10,17,23H,5-6,11-15H2,1-4H3,(H2,21,22,25)/t17-,20-/m0/s1. The van der Waals surface area contributed by atoms with Crippen molar-refractivity contribution < 1.29 is 13.2 Å². The van der Waals surface area contributed by atoms with Gasteiger partial charge in [0.05, 0.1) is 4.90 Å². The Kier molecular flexibility index (Phi) is 7.86. The summed E-state index contributed by atoms with van der Waals surface area (Å²) < 4.78 is 27.0. The Morgan fingerprint density at radius 1 is 1.18 bits per heavy atom. The maximum Gasteiger partial charge on any atom is 0.314 e. The first-order valence-electron chi connectivity index (χ1n) is 9.90. The molecule has 158 valence electrons. The predicted octanol–water partition coefficient (Wildman–Crippen LogP) is 2.08. The molecule has 2 atom stereocenters. The zero-order valence-corrected chi connectivity index (χ0v) is 18.2. The number of hydrogen-bond donors (Lipinski definition) is 3. The van der Waals surface area contributed by atoms with E-state index in [0.717, 1.165) is 18.4 Å². The SMILES string of the molecule is Cc1ccc(S(=O)(=O)NCCNC(=O)NC[C@]2(N(C)C)CCC[C@H](C)C2)cc1. The summed E-state index contributed by atoms with van der Waals surface area (Å²) in [5.74, 6) is 0.650. The number of rotatable bonds is 8. The molecule has 1 saturated carbocycles. The van der Waals surface area contributed by atoms with Crippen molar-refractivity contribution in [2.24, 2.45) is 5.92 Å². The zero-order valence-electron chi connectivity index (χ0n) is 17.4. The summed E-state index contributed by atoms with van der Waals surface area (Å²) in [7, 11) is 0.574. The number of amides is 2. The molecule has 0 aromatic heterocycles. The third kappa shape index (κ3) is 6.18. The van der Waals surface area contributed by atoms with Crippen molar-refractivity contribution in [3.63, 3.8) is 0 Å². The van der Waals surface area contributed by atoms with Gasteiger partial charge in [0.2, 0.25) is 10.0 Å². The average molecular weight is 411 g/mol. The summed E-state index contributed by atoms with van der Waals surface area (Å²) >= 11 is 0. The molecule has 2 amide bonds. The number of likely N-dealkylation sites (N-methyl/N-ethyl adjacent to an activating group) is 1. The van der Waals surface area contributed by atoms with E-state index in [9.17, 15) is 13.2 Å². The lowest BCUT2D eigenvalue weighted by Gasteiger charge is -2.45. The summed E-state index contributed by atoms with van der Waals surface area (Å²) in [6.07, 6.45) is 4.55. The molecule has 1 aliphatic carbocycles. The number of urea groups is 1. The van der Waals surface area contributed by atoms with Gasteiger partial charge in [0.1, 0.15) is 0 Å². The zero-order chi connectivity index (χ0) is 20.8. The maximum atomic E-state index is 12.2. The monoisotopic (exact) mass is 410 g/mol. The van der Waals surface area contributed by atoms with E-state index < -0.39 is 10.0 Å². The maximum absolute atomic E-state index is 12.2. The molecule has 0 bridgehead atoms. The second-order valence-corrected chi connectivity index (χ2v) is 9.91. The predicted molar refractivity (Wildman–Crippen MR) is 112 cm³/mol. The van der Waals surface area contributed by atoms with Crippen LogP contribution in [0.15, 0.2) is 29.2 Å². The van der Waals surface area contributed by atoms with Gasteiger partial charge in [0.25, 0.3) is 0 Å². The number of aryl methyl sites for hydroxylation is 1. The highest BCUT2D eigenvalue weighted by Gasteiger charge is 2.37. The minimum atomic E-state index is -3.56. The molecule has 7 nitrogen and oxygen atoms in total. The molecule has 2 rings (SSSR count). The van der Waals surface area contributed by atoms with E-state index in [4.69, 9.17) is 0 Å². The van der Waals surface area contributed by atoms with Crippen LogP contribution >= 0.6 is 0 Å². The fraction of sp³-hybridized carbons (Fsp3) is 0.650. The molecule has 0 spiro atoms. The summed E-state index contributed by atoms with van der Waals surface area (Å²) in [4.78, 5) is 14.6. The number of carbonyl (C=O) groups is 1. The second kappa shape index (κ2) is 9.71. The van der Waals surface area contributed by atoms with Crippen molar-refractivity contribution in [1.29, 1.82) is 0 Å². The van der Waals surface area contributed by atoms with E-state index in [2.05, 4.69) is 41.3 Å². The van der Waals surface area contributed by atoms with E-state index in [-0.39, 0.29) is 29.6 Å². The topological polar surface area (TPSA) is 90.5 Å². The van der Waals surface area contributed by atoms with Gasteiger partial charge in [-0.25, -0.2) is 17.9 Å². The Balaban J connectivity index is 1.75. The molecule has 0 radical (unpaired) electrons. The van der Waals surface area contributed by atoms with Crippen LogP contribution in [0.1, 0.15) is 38.2 Å². The van der Waals surface area contributed by atoms with E-state index in [1.807, 2.05) is 6.92 Å². The molecule has 0 heterocycles. The van der Waals surface area contributed by atoms with Crippen molar-refractivity contribution >= 4 is 16.1 Å². The summed E-state index contributed by atoms with van der Waals surface area (Å²) in [5, 5.41) is 5.69. The molecule has 1 aromatic carbocycles. The lowest BCUT2D eigenvalue weighted by Crippen LogP contribution is -2.56. The molecule has 1 aliphatic rings. The number of carbonyl (C=O) groups excluding carboxylic acids is 1. The van der Waals surface area contributed by atoms with Crippen LogP contribution in [-0.2, 0) is 10.0 Å². The minimum Gasteiger partial charge on any atom is -0.337 e. The van der Waals surface area contributed by atoms with Crippen molar-refractivity contribution in [1.82, 2.24) is 20.3 Å². The highest BCUT2D eigenvalue weighted by molar-refractivity contribution is 7.89. The molecule has 0 unspecified atom stereocenters. The number of benzene rings is 1. The normalized spacial score (nSPS) is 22.8. The Morgan fingerprint density at radius 2 is 1.86 bits per heavy atom. The van der Waals surface area contributed by atoms with Crippen LogP contribution in [0.3, 0.4) is 0 Å². The van der Waals surface area contributed by atoms with Crippen LogP contribution in [0.25, 0.3) is 0 Å². The number of sulfonamides is 1. The van der Waals surface area contributed by atoms with Crippen molar-refractivity contribution in [2.75, 3.05) is 33.7 Å². The smallest absolute Gasteiger partial charge is 0.314 e. The lowest BCUT2D eigenvalue weighted by atomic mass is 9.75. The largest absolute Gasteiger partial charge is 0.337 e. The Labute approximate surface area is 169 Å². The summed E-state index contributed by atoms with van der Waals surface area (Å²) in [5.41, 5.74) is 0.988. The van der Waals surface area contributed by atoms with Crippen LogP contribution in [0.2, 0.25) is 0 Å². The van der Waals surface area contributed by atoms with Crippen molar-refractivity contribution in [3.8, 4) is 0 Å². The van der Waals surface area contributed by atoms with E-state index in [1.54, 1.807) is 24.3 Å². The number of nitrogens with one attached hydrogen (secondary N) is 3. The minimum absolute atomic E-state index is 0.0119. The van der Waals surface area contributed by atoms with Gasteiger partial charge in [-0.1, -0.05) is 37.5 Å². The fourth-order valence-corrected chi connectivity index (χ4v) is 4.86. The summed E-state index contributed by atoms with van der Waals surface area (Å²) in [6.45, 7) is 5.12. The van der Waals surface area contributed by atoms with Crippen LogP contribution in [-0.4, -0.2) is 58.6 Å². The van der Waals surface area contributed by atoms with Crippen LogP contribution in [0, 0.1) is 12.8 Å². The van der Waals surface area contributed by atoms with Gasteiger partial charge in [-0.15, -0.1) is 0 Å². The van der Waals surface area contributed by atoms with Crippen LogP contribution in [0.4, 0.5) is 4.79 Å². The number of hydrogen-bond acceptors (Lipinski definition) is 4. The molecule has 3 N–H and O–H groups in total. The summed E-state index contributed by atoms with van der Waals surface area (Å²) in [6, 6.07) is 6.39. The van der Waals surface area contributed by atoms with Gasteiger partial charge >= 0.3 is 6.03 Å². The molecule has 0 aliphatic heterocycles. The first-order chi connectivity index (χ1) is 13.1. The van der Waals surface area contributed by atoms with E-state index in [0.29, 0.717) is 12.5 Å². The van der Waals surface area contributed by atoms with Crippen molar-refractivity contribution in [3.05, 3.63) is 29.8 Å². The van der Waals surface area contributed by atoms with E-state index in [1.165, 1.54) is 12.8 Å². The fourth-order valence-electron chi connectivity index (χ4n) is 3.83. The van der Waals surface area contributed by atoms with Gasteiger partial charge in [0, 0.05) is 25.2 Å². The molecule has 0 saturated heterocycles. The Bertz CT molecular complexity index is 749. The third-order valence-corrected chi connectivity index (χ3v) is 7.11. The Morgan fingerprint density at radius 3 is 2.46 bits per heavy atom. The highest BCUT2D eigenvalue weighted by atomic mass is 32.2. The van der Waals surface area contributed by atoms with E-state index >= 15 is 0 Å². The van der Waals surface area contributed by atoms with Crippen LogP contribution < -0.4 is 15.4 Å². The lowest BCUT2D eigenvalue weighted by molar-refractivity contribution is 0.0773. The molecule has 1 aromatic rings. The van der Waals surface area contributed by atoms with Gasteiger partial charge in [0.15, 0.2) is 0 Å². The third-order valence-electron chi connectivity index (χ3n) is 5.63. The molecular formula is C20H34N4O3S. The van der Waals surface area contributed by atoms with Gasteiger partial charge in [-0.2, -0.15) is 0 Å². The Hall–Kier alpha value is -1.64. The highest BCUT2D eigenvalue weighted by Crippen LogP contribution is 2.35. The molecule has 28 heavy (non-hydrogen) atoms. The van der Waals surface area contributed by atoms with Crippen molar-refractivity contribution in [2.45, 2.75) is 50.0 Å². The average Bonchev–Trinajstić information content (AvgIpc) is 2.64. The second-order valence-electron chi connectivity index (χ2n) is 8.14. The molecular weight excluding hydrogens is 376 g/mol. The van der Waals surface area contributed by atoms with Gasteiger partial charge in [-0.3, -0.25) is 0 Å². The molecule has 1 fully saturated rings. The molecule has 8 heteroatoms. The van der Waals surface area contributed by atoms with Crippen LogP contribution in [0.5, 0.6) is 0 Å². The quantitative estimate of drug-likeness (QED) is 0.573. The van der Waals surface area contributed by atoms with Gasteiger partial charge in [-0.05, 0) is 51.9 Å². The number of nitrogens with zero attached hydrogens (tertiary/aromatic N) is 1.